The predicted molar refractivity (Wildman–Crippen MR) is 101 cm³/mol. The molecule has 2 N–H and O–H groups in total. The highest BCUT2D eigenvalue weighted by molar-refractivity contribution is 7.89. The van der Waals surface area contributed by atoms with E-state index >= 15 is 0 Å². The van der Waals surface area contributed by atoms with Crippen molar-refractivity contribution in [1.29, 1.82) is 0 Å². The number of fused-ring (bicyclic) bond motifs is 1. The molecule has 0 bridgehead atoms. The molecule has 27 heavy (non-hydrogen) atoms. The predicted octanol–water partition coefficient (Wildman–Crippen LogP) is 1.29. The van der Waals surface area contributed by atoms with Crippen LogP contribution in [0.1, 0.15) is 36.0 Å². The smallest absolute Gasteiger partial charge is 0.253 e. The minimum Gasteiger partial charge on any atom is -0.495 e. The van der Waals surface area contributed by atoms with Gasteiger partial charge in [-0.1, -0.05) is 0 Å². The normalized spacial score (nSPS) is 28.5. The molecular formula is C19H27N3O4S. The molecule has 2 saturated heterocycles. The van der Waals surface area contributed by atoms with Gasteiger partial charge in [-0.2, -0.15) is 4.31 Å². The third-order valence-electron chi connectivity index (χ3n) is 6.29. The van der Waals surface area contributed by atoms with Gasteiger partial charge in [0, 0.05) is 37.8 Å². The molecule has 8 heteroatoms. The van der Waals surface area contributed by atoms with Gasteiger partial charge in [-0.3, -0.25) is 4.79 Å². The number of nitrogens with zero attached hydrogens (tertiary/aromatic N) is 2. The molecule has 1 aliphatic carbocycles. The maximum Gasteiger partial charge on any atom is 0.253 e. The Labute approximate surface area is 160 Å². The van der Waals surface area contributed by atoms with E-state index in [0.717, 1.165) is 25.7 Å². The second kappa shape index (κ2) is 7.07. The maximum atomic E-state index is 13.0. The van der Waals surface area contributed by atoms with Crippen molar-refractivity contribution in [3.05, 3.63) is 23.8 Å². The van der Waals surface area contributed by atoms with E-state index in [2.05, 4.69) is 0 Å². The van der Waals surface area contributed by atoms with E-state index in [9.17, 15) is 13.2 Å². The summed E-state index contributed by atoms with van der Waals surface area (Å²) in [6, 6.07) is 4.87. The van der Waals surface area contributed by atoms with Crippen molar-refractivity contribution >= 4 is 15.9 Å². The zero-order valence-electron chi connectivity index (χ0n) is 15.6. The number of rotatable bonds is 4. The third-order valence-corrected chi connectivity index (χ3v) is 8.21. The Morgan fingerprint density at radius 2 is 1.93 bits per heavy atom. The van der Waals surface area contributed by atoms with Gasteiger partial charge in [-0.25, -0.2) is 8.42 Å². The molecule has 3 aliphatic rings. The second-order valence-corrected chi connectivity index (χ2v) is 9.76. The number of hydrogen-bond acceptors (Lipinski definition) is 5. The number of carbonyl (C=O) groups is 1. The highest BCUT2D eigenvalue weighted by Gasteiger charge is 2.42. The number of carbonyl (C=O) groups excluding carboxylic acids is 1. The van der Waals surface area contributed by atoms with Crippen molar-refractivity contribution in [2.24, 2.45) is 17.6 Å². The van der Waals surface area contributed by atoms with Gasteiger partial charge in [0.15, 0.2) is 0 Å². The molecule has 1 amide bonds. The number of sulfonamides is 1. The van der Waals surface area contributed by atoms with Crippen LogP contribution in [0.15, 0.2) is 23.1 Å². The Morgan fingerprint density at radius 1 is 1.19 bits per heavy atom. The molecule has 2 aliphatic heterocycles. The number of methoxy groups -OCH3 is 1. The Balaban J connectivity index is 1.62. The van der Waals surface area contributed by atoms with Crippen LogP contribution in [0.4, 0.5) is 0 Å². The quantitative estimate of drug-likeness (QED) is 0.832. The summed E-state index contributed by atoms with van der Waals surface area (Å²) in [7, 11) is -2.22. The van der Waals surface area contributed by atoms with Gasteiger partial charge >= 0.3 is 0 Å². The van der Waals surface area contributed by atoms with Gasteiger partial charge in [0.05, 0.1) is 7.11 Å². The first kappa shape index (κ1) is 18.7. The molecule has 3 atom stereocenters. The number of ether oxygens (including phenoxy) is 1. The van der Waals surface area contributed by atoms with E-state index < -0.39 is 10.0 Å². The van der Waals surface area contributed by atoms with E-state index in [4.69, 9.17) is 10.5 Å². The molecule has 148 valence electrons. The van der Waals surface area contributed by atoms with Crippen molar-refractivity contribution in [1.82, 2.24) is 9.21 Å². The zero-order chi connectivity index (χ0) is 19.2. The van der Waals surface area contributed by atoms with Crippen molar-refractivity contribution in [2.75, 3.05) is 33.3 Å². The van der Waals surface area contributed by atoms with E-state index in [1.54, 1.807) is 12.1 Å². The number of likely N-dealkylation sites (tertiary alicyclic amines) is 1. The summed E-state index contributed by atoms with van der Waals surface area (Å²) in [6.45, 7) is 2.39. The van der Waals surface area contributed by atoms with Crippen LogP contribution < -0.4 is 10.5 Å². The molecule has 1 aromatic carbocycles. The summed E-state index contributed by atoms with van der Waals surface area (Å²) in [5, 5.41) is 0. The van der Waals surface area contributed by atoms with Crippen molar-refractivity contribution in [2.45, 2.75) is 36.6 Å². The van der Waals surface area contributed by atoms with Gasteiger partial charge in [-0.05, 0) is 55.7 Å². The highest BCUT2D eigenvalue weighted by atomic mass is 32.2. The molecule has 0 aromatic heterocycles. The molecule has 0 radical (unpaired) electrons. The molecule has 3 unspecified atom stereocenters. The average molecular weight is 394 g/mol. The number of benzene rings is 1. The van der Waals surface area contributed by atoms with E-state index in [-0.39, 0.29) is 22.6 Å². The summed E-state index contributed by atoms with van der Waals surface area (Å²) < 4.78 is 32.8. The van der Waals surface area contributed by atoms with Crippen LogP contribution in [0.3, 0.4) is 0 Å². The topological polar surface area (TPSA) is 92.9 Å². The Kier molecular flexibility index (Phi) is 4.90. The fraction of sp³-hybridized carbons (Fsp3) is 0.632. The summed E-state index contributed by atoms with van der Waals surface area (Å²) in [5.74, 6) is 0.978. The van der Waals surface area contributed by atoms with Crippen LogP contribution in [-0.2, 0) is 10.0 Å². The first-order chi connectivity index (χ1) is 12.9. The minimum atomic E-state index is -3.67. The van der Waals surface area contributed by atoms with Gasteiger partial charge in [0.25, 0.3) is 5.91 Å². The van der Waals surface area contributed by atoms with E-state index in [1.807, 2.05) is 4.90 Å². The van der Waals surface area contributed by atoms with E-state index in [0.29, 0.717) is 43.6 Å². The molecule has 1 aromatic rings. The van der Waals surface area contributed by atoms with E-state index in [1.165, 1.54) is 17.5 Å². The van der Waals surface area contributed by atoms with Crippen LogP contribution >= 0.6 is 0 Å². The Bertz CT molecular complexity index is 835. The third kappa shape index (κ3) is 3.23. The van der Waals surface area contributed by atoms with Gasteiger partial charge in [0.1, 0.15) is 10.6 Å². The lowest BCUT2D eigenvalue weighted by Crippen LogP contribution is -2.33. The van der Waals surface area contributed by atoms with Crippen LogP contribution in [0.5, 0.6) is 5.75 Å². The van der Waals surface area contributed by atoms with Crippen LogP contribution in [-0.4, -0.2) is 62.9 Å². The monoisotopic (exact) mass is 393 g/mol. The number of amides is 1. The SMILES string of the molecule is COc1ccc(C(=O)N2CC3CCC(N)C3C2)cc1S(=O)(=O)N1CCCC1. The Morgan fingerprint density at radius 3 is 2.59 bits per heavy atom. The lowest BCUT2D eigenvalue weighted by atomic mass is 9.98. The summed E-state index contributed by atoms with van der Waals surface area (Å²) >= 11 is 0. The lowest BCUT2D eigenvalue weighted by molar-refractivity contribution is 0.0779. The van der Waals surface area contributed by atoms with Crippen LogP contribution in [0, 0.1) is 11.8 Å². The molecule has 1 saturated carbocycles. The standard InChI is InChI=1S/C19H27N3O4S/c1-26-17-7-5-13(10-18(17)27(24,25)22-8-2-3-9-22)19(23)21-11-14-4-6-16(20)15(14)12-21/h5,7,10,14-16H,2-4,6,8-9,11-12,20H2,1H3. The zero-order valence-corrected chi connectivity index (χ0v) is 16.5. The van der Waals surface area contributed by atoms with Crippen molar-refractivity contribution in [3.8, 4) is 5.75 Å². The molecule has 2 heterocycles. The molecule has 4 rings (SSSR count). The highest BCUT2D eigenvalue weighted by Crippen LogP contribution is 2.38. The first-order valence-electron chi connectivity index (χ1n) is 9.65. The van der Waals surface area contributed by atoms with Gasteiger partial charge in [0.2, 0.25) is 10.0 Å². The number of hydrogen-bond donors (Lipinski definition) is 1. The fourth-order valence-electron chi connectivity index (χ4n) is 4.73. The van der Waals surface area contributed by atoms with Crippen molar-refractivity contribution < 1.29 is 17.9 Å². The summed E-state index contributed by atoms with van der Waals surface area (Å²) in [4.78, 5) is 14.9. The lowest BCUT2D eigenvalue weighted by Gasteiger charge is -2.21. The average Bonchev–Trinajstić information content (AvgIpc) is 3.40. The van der Waals surface area contributed by atoms with Crippen LogP contribution in [0.25, 0.3) is 0 Å². The largest absolute Gasteiger partial charge is 0.495 e. The molecule has 0 spiro atoms. The van der Waals surface area contributed by atoms with Gasteiger partial charge < -0.3 is 15.4 Å². The molecular weight excluding hydrogens is 366 g/mol. The fourth-order valence-corrected chi connectivity index (χ4v) is 6.43. The molecule has 3 fully saturated rings. The van der Waals surface area contributed by atoms with Crippen molar-refractivity contribution in [3.63, 3.8) is 0 Å². The first-order valence-corrected chi connectivity index (χ1v) is 11.1. The second-order valence-electron chi connectivity index (χ2n) is 7.85. The Hall–Kier alpha value is -1.64. The maximum absolute atomic E-state index is 13.0. The minimum absolute atomic E-state index is 0.0776. The van der Waals surface area contributed by atoms with Crippen LogP contribution in [0.2, 0.25) is 0 Å². The van der Waals surface area contributed by atoms with Gasteiger partial charge in [-0.15, -0.1) is 0 Å². The summed E-state index contributed by atoms with van der Waals surface area (Å²) in [6.07, 6.45) is 3.80. The molecule has 7 nitrogen and oxygen atoms in total. The summed E-state index contributed by atoms with van der Waals surface area (Å²) in [5.41, 5.74) is 6.56. The number of nitrogens with two attached hydrogens (primary N) is 1.